The first-order valence-corrected chi connectivity index (χ1v) is 6.43. The van der Waals surface area contributed by atoms with Gasteiger partial charge in [0.15, 0.2) is 0 Å². The van der Waals surface area contributed by atoms with Crippen molar-refractivity contribution in [3.8, 4) is 0 Å². The smallest absolute Gasteiger partial charge is 0.313 e. The number of cyclic esters (lactones) is 1. The van der Waals surface area contributed by atoms with Crippen molar-refractivity contribution in [3.05, 3.63) is 0 Å². The minimum atomic E-state index is -0.407. The molecule has 4 heteroatoms. The molecule has 0 aromatic rings. The maximum Gasteiger partial charge on any atom is 0.313 e. The molecule has 0 spiro atoms. The fourth-order valence-electron chi connectivity index (χ4n) is 3.07. The zero-order chi connectivity index (χ0) is 12.4. The average Bonchev–Trinajstić information content (AvgIpc) is 2.66. The van der Waals surface area contributed by atoms with Crippen LogP contribution in [0.25, 0.3) is 0 Å². The highest BCUT2D eigenvalue weighted by Gasteiger charge is 2.50. The van der Waals surface area contributed by atoms with Crippen molar-refractivity contribution in [2.45, 2.75) is 45.1 Å². The second kappa shape index (κ2) is 5.07. The monoisotopic (exact) mass is 240 g/mol. The molecule has 96 valence electrons. The third-order valence-corrected chi connectivity index (χ3v) is 4.10. The number of hydrogen-bond acceptors (Lipinski definition) is 4. The van der Waals surface area contributed by atoms with Crippen molar-refractivity contribution < 1.29 is 19.1 Å². The summed E-state index contributed by atoms with van der Waals surface area (Å²) in [5.41, 5.74) is 0. The van der Waals surface area contributed by atoms with Gasteiger partial charge in [-0.2, -0.15) is 0 Å². The highest BCUT2D eigenvalue weighted by atomic mass is 16.6. The van der Waals surface area contributed by atoms with E-state index in [-0.39, 0.29) is 24.0 Å². The van der Waals surface area contributed by atoms with E-state index in [1.54, 1.807) is 6.92 Å². The lowest BCUT2D eigenvalue weighted by atomic mass is 9.78. The minimum Gasteiger partial charge on any atom is -0.469 e. The SMILES string of the molecule is COC(=O)[C@@H]1[C@H](C)C(=O)O[C@H]1C1CCCCC1. The Morgan fingerprint density at radius 3 is 2.53 bits per heavy atom. The van der Waals surface area contributed by atoms with E-state index in [1.807, 2.05) is 0 Å². The van der Waals surface area contributed by atoms with Crippen molar-refractivity contribution in [2.24, 2.45) is 17.8 Å². The molecule has 0 N–H and O–H groups in total. The Morgan fingerprint density at radius 1 is 1.29 bits per heavy atom. The summed E-state index contributed by atoms with van der Waals surface area (Å²) >= 11 is 0. The first kappa shape index (κ1) is 12.4. The van der Waals surface area contributed by atoms with Gasteiger partial charge in [0, 0.05) is 0 Å². The van der Waals surface area contributed by atoms with E-state index in [4.69, 9.17) is 9.47 Å². The van der Waals surface area contributed by atoms with E-state index in [0.29, 0.717) is 5.92 Å². The van der Waals surface area contributed by atoms with Gasteiger partial charge in [0.25, 0.3) is 0 Å². The van der Waals surface area contributed by atoms with Gasteiger partial charge in [0.1, 0.15) is 12.0 Å². The fourth-order valence-corrected chi connectivity index (χ4v) is 3.07. The summed E-state index contributed by atoms with van der Waals surface area (Å²) < 4.78 is 10.2. The molecule has 2 fully saturated rings. The molecule has 2 aliphatic rings. The first-order valence-electron chi connectivity index (χ1n) is 6.43. The summed E-state index contributed by atoms with van der Waals surface area (Å²) in [5, 5.41) is 0. The van der Waals surface area contributed by atoms with Gasteiger partial charge < -0.3 is 9.47 Å². The predicted octanol–water partition coefficient (Wildman–Crippen LogP) is 1.92. The zero-order valence-electron chi connectivity index (χ0n) is 10.5. The number of rotatable bonds is 2. The molecular weight excluding hydrogens is 220 g/mol. The standard InChI is InChI=1S/C13H20O4/c1-8-10(13(15)16-2)11(17-12(8)14)9-6-4-3-5-7-9/h8-11H,3-7H2,1-2H3/t8-,10+,11-/m0/s1. The summed E-state index contributed by atoms with van der Waals surface area (Å²) in [6.45, 7) is 1.76. The highest BCUT2D eigenvalue weighted by molar-refractivity contribution is 5.85. The number of carbonyl (C=O) groups excluding carboxylic acids is 2. The summed E-state index contributed by atoms with van der Waals surface area (Å²) in [7, 11) is 1.37. The molecule has 0 amide bonds. The molecule has 1 aliphatic carbocycles. The van der Waals surface area contributed by atoms with Crippen LogP contribution in [0.1, 0.15) is 39.0 Å². The molecule has 0 aromatic heterocycles. The lowest BCUT2D eigenvalue weighted by molar-refractivity contribution is -0.150. The molecule has 17 heavy (non-hydrogen) atoms. The van der Waals surface area contributed by atoms with Crippen molar-refractivity contribution in [2.75, 3.05) is 7.11 Å². The van der Waals surface area contributed by atoms with Crippen molar-refractivity contribution >= 4 is 11.9 Å². The van der Waals surface area contributed by atoms with Gasteiger partial charge in [-0.05, 0) is 18.8 Å². The number of ether oxygens (including phenoxy) is 2. The minimum absolute atomic E-state index is 0.254. The molecule has 0 bridgehead atoms. The molecular formula is C13H20O4. The van der Waals surface area contributed by atoms with Gasteiger partial charge >= 0.3 is 11.9 Å². The third kappa shape index (κ3) is 2.31. The average molecular weight is 240 g/mol. The molecule has 0 unspecified atom stereocenters. The molecule has 3 atom stereocenters. The Morgan fingerprint density at radius 2 is 1.94 bits per heavy atom. The van der Waals surface area contributed by atoms with Crippen LogP contribution >= 0.6 is 0 Å². The zero-order valence-corrected chi connectivity index (χ0v) is 10.5. The number of esters is 2. The topological polar surface area (TPSA) is 52.6 Å². The largest absolute Gasteiger partial charge is 0.469 e. The summed E-state index contributed by atoms with van der Waals surface area (Å²) in [6.07, 6.45) is 5.43. The normalized spacial score (nSPS) is 34.5. The number of hydrogen-bond donors (Lipinski definition) is 0. The van der Waals surface area contributed by atoms with E-state index in [0.717, 1.165) is 12.8 Å². The molecule has 2 rings (SSSR count). The quantitative estimate of drug-likeness (QED) is 0.692. The molecule has 0 aromatic carbocycles. The van der Waals surface area contributed by atoms with Crippen LogP contribution in [0.5, 0.6) is 0 Å². The van der Waals surface area contributed by atoms with E-state index >= 15 is 0 Å². The highest BCUT2D eigenvalue weighted by Crippen LogP contribution is 2.39. The van der Waals surface area contributed by atoms with Crippen molar-refractivity contribution in [1.29, 1.82) is 0 Å². The van der Waals surface area contributed by atoms with E-state index in [9.17, 15) is 9.59 Å². The second-order valence-electron chi connectivity index (χ2n) is 5.14. The Bertz CT molecular complexity index is 307. The van der Waals surface area contributed by atoms with Crippen LogP contribution in [0.4, 0.5) is 0 Å². The van der Waals surface area contributed by atoms with Crippen LogP contribution in [0, 0.1) is 17.8 Å². The van der Waals surface area contributed by atoms with Gasteiger partial charge in [-0.1, -0.05) is 26.2 Å². The van der Waals surface area contributed by atoms with Crippen LogP contribution in [-0.2, 0) is 19.1 Å². The van der Waals surface area contributed by atoms with Gasteiger partial charge in [-0.3, -0.25) is 9.59 Å². The van der Waals surface area contributed by atoms with Gasteiger partial charge in [-0.25, -0.2) is 0 Å². The Balaban J connectivity index is 2.13. The maximum atomic E-state index is 11.8. The summed E-state index contributed by atoms with van der Waals surface area (Å²) in [5.74, 6) is -0.998. The van der Waals surface area contributed by atoms with Crippen LogP contribution in [0.3, 0.4) is 0 Å². The first-order chi connectivity index (χ1) is 8.15. The van der Waals surface area contributed by atoms with Crippen LogP contribution < -0.4 is 0 Å². The molecule has 1 saturated heterocycles. The van der Waals surface area contributed by atoms with E-state index in [2.05, 4.69) is 0 Å². The van der Waals surface area contributed by atoms with Crippen molar-refractivity contribution in [3.63, 3.8) is 0 Å². The van der Waals surface area contributed by atoms with Crippen LogP contribution in [-0.4, -0.2) is 25.2 Å². The Kier molecular flexibility index (Phi) is 3.69. The lowest BCUT2D eigenvalue weighted by Gasteiger charge is -2.29. The number of methoxy groups -OCH3 is 1. The third-order valence-electron chi connectivity index (χ3n) is 4.10. The van der Waals surface area contributed by atoms with Gasteiger partial charge in [0.2, 0.25) is 0 Å². The fraction of sp³-hybridized carbons (Fsp3) is 0.846. The molecule has 4 nitrogen and oxygen atoms in total. The molecule has 1 aliphatic heterocycles. The molecule has 1 heterocycles. The Hall–Kier alpha value is -1.06. The van der Waals surface area contributed by atoms with Crippen molar-refractivity contribution in [1.82, 2.24) is 0 Å². The molecule has 0 radical (unpaired) electrons. The second-order valence-corrected chi connectivity index (χ2v) is 5.14. The summed E-state index contributed by atoms with van der Waals surface area (Å²) in [6, 6.07) is 0. The molecule has 1 saturated carbocycles. The van der Waals surface area contributed by atoms with E-state index < -0.39 is 5.92 Å². The van der Waals surface area contributed by atoms with Gasteiger partial charge in [-0.15, -0.1) is 0 Å². The van der Waals surface area contributed by atoms with Crippen LogP contribution in [0.15, 0.2) is 0 Å². The lowest BCUT2D eigenvalue weighted by Crippen LogP contribution is -2.35. The Labute approximate surface area is 102 Å². The van der Waals surface area contributed by atoms with E-state index in [1.165, 1.54) is 26.4 Å². The predicted molar refractivity (Wildman–Crippen MR) is 61.1 cm³/mol. The summed E-state index contributed by atoms with van der Waals surface area (Å²) in [4.78, 5) is 23.4. The maximum absolute atomic E-state index is 11.8. The van der Waals surface area contributed by atoms with Gasteiger partial charge in [0.05, 0.1) is 13.0 Å². The number of carbonyl (C=O) groups is 2. The van der Waals surface area contributed by atoms with Crippen LogP contribution in [0.2, 0.25) is 0 Å².